The van der Waals surface area contributed by atoms with E-state index in [0.29, 0.717) is 6.54 Å². The molecule has 1 aromatic rings. The molecule has 0 aliphatic heterocycles. The molecule has 0 aromatic heterocycles. The lowest BCUT2D eigenvalue weighted by molar-refractivity contribution is -0.134. The number of nitrogens with two attached hydrogens (primary N) is 1. The Balaban J connectivity index is 2.68. The maximum atomic E-state index is 12.2. The molecule has 19 heavy (non-hydrogen) atoms. The van der Waals surface area contributed by atoms with Crippen molar-refractivity contribution in [2.24, 2.45) is 11.1 Å². The Morgan fingerprint density at radius 2 is 1.68 bits per heavy atom. The number of hydrogen-bond acceptors (Lipinski definition) is 2. The summed E-state index contributed by atoms with van der Waals surface area (Å²) in [4.78, 5) is 13.9. The van der Waals surface area contributed by atoms with Crippen molar-refractivity contribution in [3.63, 3.8) is 0 Å². The summed E-state index contributed by atoms with van der Waals surface area (Å²) in [6, 6.07) is 7.90. The van der Waals surface area contributed by atoms with Gasteiger partial charge in [0.25, 0.3) is 0 Å². The van der Waals surface area contributed by atoms with Crippen molar-refractivity contribution in [1.82, 2.24) is 4.90 Å². The fourth-order valence-corrected chi connectivity index (χ4v) is 1.84. The molecular formula is C16H26N2O. The average molecular weight is 262 g/mol. The first-order chi connectivity index (χ1) is 8.75. The van der Waals surface area contributed by atoms with Crippen molar-refractivity contribution in [3.8, 4) is 0 Å². The second-order valence-corrected chi connectivity index (χ2v) is 6.21. The van der Waals surface area contributed by atoms with Gasteiger partial charge in [0.05, 0.1) is 6.04 Å². The van der Waals surface area contributed by atoms with Crippen LogP contribution in [0.15, 0.2) is 24.3 Å². The van der Waals surface area contributed by atoms with Crippen LogP contribution in [0, 0.1) is 5.41 Å². The van der Waals surface area contributed by atoms with E-state index in [2.05, 4.69) is 31.2 Å². The van der Waals surface area contributed by atoms with Crippen LogP contribution in [-0.2, 0) is 17.8 Å². The van der Waals surface area contributed by atoms with Crippen molar-refractivity contribution >= 4 is 5.91 Å². The topological polar surface area (TPSA) is 46.3 Å². The Morgan fingerprint density at radius 1 is 1.21 bits per heavy atom. The van der Waals surface area contributed by atoms with E-state index >= 15 is 0 Å². The van der Waals surface area contributed by atoms with Crippen molar-refractivity contribution in [3.05, 3.63) is 35.4 Å². The normalized spacial score (nSPS) is 13.2. The molecule has 0 fully saturated rings. The standard InChI is InChI=1S/C16H26N2O/c1-6-12-7-9-13(10-8-12)11-18(5)15(19)14(17)16(2,3)4/h7-10,14H,6,11,17H2,1-5H3/t14-/m0/s1. The molecule has 0 saturated carbocycles. The van der Waals surface area contributed by atoms with Gasteiger partial charge in [-0.25, -0.2) is 0 Å². The van der Waals surface area contributed by atoms with Crippen LogP contribution < -0.4 is 5.73 Å². The van der Waals surface area contributed by atoms with E-state index in [-0.39, 0.29) is 11.3 Å². The molecule has 0 aliphatic rings. The number of nitrogens with zero attached hydrogens (tertiary/aromatic N) is 1. The van der Waals surface area contributed by atoms with Gasteiger partial charge in [-0.15, -0.1) is 0 Å². The summed E-state index contributed by atoms with van der Waals surface area (Å²) in [5, 5.41) is 0. The van der Waals surface area contributed by atoms with E-state index in [1.807, 2.05) is 27.8 Å². The van der Waals surface area contributed by atoms with Crippen molar-refractivity contribution < 1.29 is 4.79 Å². The molecule has 0 heterocycles. The van der Waals surface area contributed by atoms with Crippen LogP contribution in [0.5, 0.6) is 0 Å². The molecular weight excluding hydrogens is 236 g/mol. The summed E-state index contributed by atoms with van der Waals surface area (Å²) < 4.78 is 0. The van der Waals surface area contributed by atoms with E-state index in [4.69, 9.17) is 5.73 Å². The first-order valence-electron chi connectivity index (χ1n) is 6.84. The minimum atomic E-state index is -0.465. The maximum Gasteiger partial charge on any atom is 0.240 e. The van der Waals surface area contributed by atoms with Crippen LogP contribution in [-0.4, -0.2) is 23.9 Å². The maximum absolute atomic E-state index is 12.2. The third-order valence-corrected chi connectivity index (χ3v) is 3.43. The second kappa shape index (κ2) is 6.20. The van der Waals surface area contributed by atoms with Gasteiger partial charge in [0, 0.05) is 13.6 Å². The zero-order chi connectivity index (χ0) is 14.6. The summed E-state index contributed by atoms with van der Waals surface area (Å²) in [6.07, 6.45) is 1.03. The first kappa shape index (κ1) is 15.7. The minimum Gasteiger partial charge on any atom is -0.340 e. The molecule has 0 radical (unpaired) electrons. The number of likely N-dealkylation sites (N-methyl/N-ethyl adjacent to an activating group) is 1. The van der Waals surface area contributed by atoms with Gasteiger partial charge >= 0.3 is 0 Å². The van der Waals surface area contributed by atoms with Crippen LogP contribution in [0.4, 0.5) is 0 Å². The Bertz CT molecular complexity index is 417. The fourth-order valence-electron chi connectivity index (χ4n) is 1.84. The number of carbonyl (C=O) groups is 1. The van der Waals surface area contributed by atoms with Gasteiger partial charge in [-0.3, -0.25) is 4.79 Å². The van der Waals surface area contributed by atoms with Gasteiger partial charge < -0.3 is 10.6 Å². The van der Waals surface area contributed by atoms with Crippen LogP contribution in [0.3, 0.4) is 0 Å². The molecule has 0 bridgehead atoms. The van der Waals surface area contributed by atoms with Gasteiger partial charge in [0.15, 0.2) is 0 Å². The van der Waals surface area contributed by atoms with Gasteiger partial charge in [-0.05, 0) is 23.0 Å². The number of amides is 1. The monoisotopic (exact) mass is 262 g/mol. The average Bonchev–Trinajstić information content (AvgIpc) is 2.36. The van der Waals surface area contributed by atoms with Gasteiger partial charge in [0.1, 0.15) is 0 Å². The first-order valence-corrected chi connectivity index (χ1v) is 6.84. The number of aryl methyl sites for hydroxylation is 1. The molecule has 106 valence electrons. The second-order valence-electron chi connectivity index (χ2n) is 6.21. The summed E-state index contributed by atoms with van der Waals surface area (Å²) in [5.74, 6) is -0.00734. The highest BCUT2D eigenvalue weighted by atomic mass is 16.2. The van der Waals surface area contributed by atoms with E-state index in [0.717, 1.165) is 12.0 Å². The lowest BCUT2D eigenvalue weighted by Gasteiger charge is -2.30. The van der Waals surface area contributed by atoms with Crippen LogP contribution >= 0.6 is 0 Å². The number of hydrogen-bond donors (Lipinski definition) is 1. The van der Waals surface area contributed by atoms with Gasteiger partial charge in [-0.1, -0.05) is 52.0 Å². The third kappa shape index (κ3) is 4.35. The van der Waals surface area contributed by atoms with Crippen LogP contribution in [0.1, 0.15) is 38.8 Å². The number of rotatable bonds is 4. The third-order valence-electron chi connectivity index (χ3n) is 3.43. The lowest BCUT2D eigenvalue weighted by atomic mass is 9.86. The Kier molecular flexibility index (Phi) is 5.12. The van der Waals surface area contributed by atoms with E-state index < -0.39 is 6.04 Å². The molecule has 2 N–H and O–H groups in total. The van der Waals surface area contributed by atoms with E-state index in [1.54, 1.807) is 4.90 Å². The summed E-state index contributed by atoms with van der Waals surface area (Å²) in [6.45, 7) is 8.69. The van der Waals surface area contributed by atoms with Gasteiger partial charge in [-0.2, -0.15) is 0 Å². The molecule has 0 aliphatic carbocycles. The van der Waals surface area contributed by atoms with E-state index in [9.17, 15) is 4.79 Å². The van der Waals surface area contributed by atoms with Crippen molar-refractivity contribution in [2.45, 2.75) is 46.7 Å². The molecule has 0 spiro atoms. The predicted molar refractivity (Wildman–Crippen MR) is 79.7 cm³/mol. The fraction of sp³-hybridized carbons (Fsp3) is 0.562. The summed E-state index contributed by atoms with van der Waals surface area (Å²) in [5.41, 5.74) is 8.24. The Morgan fingerprint density at radius 3 is 2.11 bits per heavy atom. The highest BCUT2D eigenvalue weighted by Crippen LogP contribution is 2.19. The predicted octanol–water partition coefficient (Wildman–Crippen LogP) is 2.58. The molecule has 1 aromatic carbocycles. The zero-order valence-corrected chi connectivity index (χ0v) is 12.7. The number of benzene rings is 1. The summed E-state index contributed by atoms with van der Waals surface area (Å²) in [7, 11) is 1.81. The molecule has 0 saturated heterocycles. The zero-order valence-electron chi connectivity index (χ0n) is 12.7. The van der Waals surface area contributed by atoms with Crippen LogP contribution in [0.2, 0.25) is 0 Å². The SMILES string of the molecule is CCc1ccc(CN(C)C(=O)[C@H](N)C(C)(C)C)cc1. The number of carbonyl (C=O) groups excluding carboxylic acids is 1. The van der Waals surface area contributed by atoms with E-state index in [1.165, 1.54) is 5.56 Å². The molecule has 1 atom stereocenters. The quantitative estimate of drug-likeness (QED) is 0.906. The van der Waals surface area contributed by atoms with Gasteiger partial charge in [0.2, 0.25) is 5.91 Å². The molecule has 3 heteroatoms. The molecule has 1 rings (SSSR count). The Hall–Kier alpha value is -1.35. The highest BCUT2D eigenvalue weighted by molar-refractivity contribution is 5.82. The van der Waals surface area contributed by atoms with Crippen molar-refractivity contribution in [2.75, 3.05) is 7.05 Å². The molecule has 0 unspecified atom stereocenters. The smallest absolute Gasteiger partial charge is 0.240 e. The molecule has 3 nitrogen and oxygen atoms in total. The van der Waals surface area contributed by atoms with Crippen molar-refractivity contribution in [1.29, 1.82) is 0 Å². The van der Waals surface area contributed by atoms with Crippen LogP contribution in [0.25, 0.3) is 0 Å². The lowest BCUT2D eigenvalue weighted by Crippen LogP contribution is -2.48. The minimum absolute atomic E-state index is 0.00734. The largest absolute Gasteiger partial charge is 0.340 e. The summed E-state index contributed by atoms with van der Waals surface area (Å²) >= 11 is 0. The molecule has 1 amide bonds. The highest BCUT2D eigenvalue weighted by Gasteiger charge is 2.29. The Labute approximate surface area is 116 Å².